The summed E-state index contributed by atoms with van der Waals surface area (Å²) in [7, 11) is 0. The van der Waals surface area contributed by atoms with E-state index in [1.807, 2.05) is 26.0 Å². The maximum atomic E-state index is 9.74. The first-order chi connectivity index (χ1) is 8.97. The lowest BCUT2D eigenvalue weighted by Gasteiger charge is -2.06. The standard InChI is InChI=1S/C15H15BrN2O/c1-9-5-12(16)6-10(2)15(9)18-8-11-7-13(17)3-4-14(11)19/h3-8,19H,17H2,1-2H3. The second kappa shape index (κ2) is 5.45. The number of anilines is 1. The molecular formula is C15H15BrN2O. The van der Waals surface area contributed by atoms with Crippen molar-refractivity contribution in [3.8, 4) is 5.75 Å². The Labute approximate surface area is 120 Å². The van der Waals surface area contributed by atoms with Crippen LogP contribution in [-0.4, -0.2) is 11.3 Å². The van der Waals surface area contributed by atoms with Crippen LogP contribution in [0, 0.1) is 13.8 Å². The summed E-state index contributed by atoms with van der Waals surface area (Å²) in [6.45, 7) is 4.01. The number of hydrogen-bond donors (Lipinski definition) is 2. The molecule has 0 spiro atoms. The van der Waals surface area contributed by atoms with E-state index in [2.05, 4.69) is 20.9 Å². The second-order valence-electron chi connectivity index (χ2n) is 4.46. The van der Waals surface area contributed by atoms with Gasteiger partial charge >= 0.3 is 0 Å². The highest BCUT2D eigenvalue weighted by Gasteiger charge is 2.03. The predicted molar refractivity (Wildman–Crippen MR) is 83.4 cm³/mol. The zero-order valence-corrected chi connectivity index (χ0v) is 12.4. The van der Waals surface area contributed by atoms with Crippen molar-refractivity contribution in [3.05, 3.63) is 51.5 Å². The summed E-state index contributed by atoms with van der Waals surface area (Å²) in [6, 6.07) is 8.95. The Kier molecular flexibility index (Phi) is 3.90. The number of rotatable bonds is 2. The molecule has 0 amide bonds. The molecule has 0 atom stereocenters. The van der Waals surface area contributed by atoms with E-state index in [1.165, 1.54) is 0 Å². The number of benzene rings is 2. The molecule has 4 heteroatoms. The molecule has 0 aliphatic heterocycles. The molecule has 3 nitrogen and oxygen atoms in total. The highest BCUT2D eigenvalue weighted by molar-refractivity contribution is 9.10. The van der Waals surface area contributed by atoms with Crippen molar-refractivity contribution in [2.45, 2.75) is 13.8 Å². The fourth-order valence-electron chi connectivity index (χ4n) is 1.92. The third kappa shape index (κ3) is 3.15. The van der Waals surface area contributed by atoms with Crippen LogP contribution in [0.5, 0.6) is 5.75 Å². The molecule has 0 saturated heterocycles. The number of nitrogens with zero attached hydrogens (tertiary/aromatic N) is 1. The molecule has 0 aromatic heterocycles. The highest BCUT2D eigenvalue weighted by atomic mass is 79.9. The van der Waals surface area contributed by atoms with Gasteiger partial charge in [-0.15, -0.1) is 0 Å². The van der Waals surface area contributed by atoms with Crippen LogP contribution in [0.2, 0.25) is 0 Å². The summed E-state index contributed by atoms with van der Waals surface area (Å²) in [5.74, 6) is 0.172. The fraction of sp³-hybridized carbons (Fsp3) is 0.133. The largest absolute Gasteiger partial charge is 0.507 e. The van der Waals surface area contributed by atoms with Crippen molar-refractivity contribution in [3.63, 3.8) is 0 Å². The summed E-state index contributed by atoms with van der Waals surface area (Å²) in [5, 5.41) is 9.74. The summed E-state index contributed by atoms with van der Waals surface area (Å²) in [5.41, 5.74) is 9.97. The normalized spacial score (nSPS) is 11.1. The molecule has 3 N–H and O–H groups in total. The molecule has 19 heavy (non-hydrogen) atoms. The average Bonchev–Trinajstić information content (AvgIpc) is 2.32. The van der Waals surface area contributed by atoms with Crippen LogP contribution in [0.25, 0.3) is 0 Å². The van der Waals surface area contributed by atoms with Crippen LogP contribution in [0.3, 0.4) is 0 Å². The molecule has 0 bridgehead atoms. The molecule has 2 aromatic rings. The van der Waals surface area contributed by atoms with E-state index in [1.54, 1.807) is 24.4 Å². The lowest BCUT2D eigenvalue weighted by molar-refractivity contribution is 0.474. The van der Waals surface area contributed by atoms with Gasteiger partial charge in [0.05, 0.1) is 5.69 Å². The van der Waals surface area contributed by atoms with Gasteiger partial charge in [0.2, 0.25) is 0 Å². The van der Waals surface area contributed by atoms with Gasteiger partial charge in [-0.05, 0) is 55.3 Å². The van der Waals surface area contributed by atoms with E-state index in [9.17, 15) is 5.11 Å². The van der Waals surface area contributed by atoms with Crippen LogP contribution >= 0.6 is 15.9 Å². The molecule has 0 aliphatic carbocycles. The molecule has 0 saturated carbocycles. The van der Waals surface area contributed by atoms with Gasteiger partial charge in [0.1, 0.15) is 5.75 Å². The van der Waals surface area contributed by atoms with Crippen molar-refractivity contribution in [2.24, 2.45) is 4.99 Å². The van der Waals surface area contributed by atoms with Gasteiger partial charge in [-0.1, -0.05) is 15.9 Å². The maximum Gasteiger partial charge on any atom is 0.124 e. The van der Waals surface area contributed by atoms with Gasteiger partial charge in [-0.3, -0.25) is 4.99 Å². The highest BCUT2D eigenvalue weighted by Crippen LogP contribution is 2.28. The summed E-state index contributed by atoms with van der Waals surface area (Å²) in [4.78, 5) is 4.46. The Balaban J connectivity index is 2.41. The molecule has 2 rings (SSSR count). The van der Waals surface area contributed by atoms with Gasteiger partial charge in [-0.2, -0.15) is 0 Å². The lowest BCUT2D eigenvalue weighted by atomic mass is 10.1. The van der Waals surface area contributed by atoms with Gasteiger partial charge in [0.15, 0.2) is 0 Å². The molecule has 0 fully saturated rings. The van der Waals surface area contributed by atoms with Crippen molar-refractivity contribution < 1.29 is 5.11 Å². The molecular weight excluding hydrogens is 304 g/mol. The molecule has 0 radical (unpaired) electrons. The van der Waals surface area contributed by atoms with Crippen LogP contribution in [0.4, 0.5) is 11.4 Å². The molecule has 0 unspecified atom stereocenters. The van der Waals surface area contributed by atoms with Crippen molar-refractivity contribution in [1.82, 2.24) is 0 Å². The van der Waals surface area contributed by atoms with E-state index in [-0.39, 0.29) is 5.75 Å². The van der Waals surface area contributed by atoms with Crippen LogP contribution in [0.15, 0.2) is 39.8 Å². The number of aliphatic imine (C=N–C) groups is 1. The minimum atomic E-state index is 0.172. The lowest BCUT2D eigenvalue weighted by Crippen LogP contribution is -1.89. The number of nitrogens with two attached hydrogens (primary N) is 1. The summed E-state index contributed by atoms with van der Waals surface area (Å²) in [6.07, 6.45) is 1.63. The molecule has 2 aromatic carbocycles. The van der Waals surface area contributed by atoms with Gasteiger partial charge < -0.3 is 10.8 Å². The second-order valence-corrected chi connectivity index (χ2v) is 5.38. The number of halogens is 1. The molecule has 98 valence electrons. The average molecular weight is 319 g/mol. The number of hydrogen-bond acceptors (Lipinski definition) is 3. The minimum Gasteiger partial charge on any atom is -0.507 e. The summed E-state index contributed by atoms with van der Waals surface area (Å²) < 4.78 is 1.04. The van der Waals surface area contributed by atoms with E-state index in [0.717, 1.165) is 21.3 Å². The van der Waals surface area contributed by atoms with E-state index in [0.29, 0.717) is 11.3 Å². The van der Waals surface area contributed by atoms with Gasteiger partial charge in [0, 0.05) is 21.9 Å². The van der Waals surface area contributed by atoms with Crippen molar-refractivity contribution in [1.29, 1.82) is 0 Å². The monoisotopic (exact) mass is 318 g/mol. The first-order valence-corrected chi connectivity index (χ1v) is 6.66. The number of phenolic OH excluding ortho intramolecular Hbond substituents is 1. The van der Waals surface area contributed by atoms with Gasteiger partial charge in [0.25, 0.3) is 0 Å². The zero-order valence-electron chi connectivity index (χ0n) is 10.8. The first kappa shape index (κ1) is 13.6. The number of aromatic hydroxyl groups is 1. The number of aryl methyl sites for hydroxylation is 2. The van der Waals surface area contributed by atoms with E-state index >= 15 is 0 Å². The Hall–Kier alpha value is -1.81. The minimum absolute atomic E-state index is 0.172. The van der Waals surface area contributed by atoms with Gasteiger partial charge in [-0.25, -0.2) is 0 Å². The Morgan fingerprint density at radius 3 is 2.42 bits per heavy atom. The van der Waals surface area contributed by atoms with Crippen LogP contribution in [-0.2, 0) is 0 Å². The Morgan fingerprint density at radius 1 is 1.16 bits per heavy atom. The SMILES string of the molecule is Cc1cc(Br)cc(C)c1N=Cc1cc(N)ccc1O. The summed E-state index contributed by atoms with van der Waals surface area (Å²) >= 11 is 3.46. The predicted octanol–water partition coefficient (Wildman–Crippen LogP) is 4.10. The maximum absolute atomic E-state index is 9.74. The third-order valence-electron chi connectivity index (χ3n) is 2.84. The number of phenols is 1. The smallest absolute Gasteiger partial charge is 0.124 e. The topological polar surface area (TPSA) is 58.6 Å². The Bertz CT molecular complexity index is 628. The zero-order chi connectivity index (χ0) is 14.0. The molecule has 0 heterocycles. The van der Waals surface area contributed by atoms with E-state index in [4.69, 9.17) is 5.73 Å². The fourth-order valence-corrected chi connectivity index (χ4v) is 2.60. The van der Waals surface area contributed by atoms with Crippen LogP contribution in [0.1, 0.15) is 16.7 Å². The van der Waals surface area contributed by atoms with Crippen LogP contribution < -0.4 is 5.73 Å². The number of nitrogen functional groups attached to an aromatic ring is 1. The van der Waals surface area contributed by atoms with Crippen molar-refractivity contribution in [2.75, 3.05) is 5.73 Å². The molecule has 0 aliphatic rings. The first-order valence-electron chi connectivity index (χ1n) is 5.86. The van der Waals surface area contributed by atoms with E-state index < -0.39 is 0 Å². The third-order valence-corrected chi connectivity index (χ3v) is 3.30. The van der Waals surface area contributed by atoms with Crippen molar-refractivity contribution >= 4 is 33.5 Å². The Morgan fingerprint density at radius 2 is 1.79 bits per heavy atom. The quantitative estimate of drug-likeness (QED) is 0.497.